The molecule has 0 radical (unpaired) electrons. The molecule has 0 unspecified atom stereocenters. The monoisotopic (exact) mass is 204 g/mol. The highest BCUT2D eigenvalue weighted by Crippen LogP contribution is 2.54. The fourth-order valence-electron chi connectivity index (χ4n) is 4.43. The van der Waals surface area contributed by atoms with Gasteiger partial charge in [-0.05, 0) is 62.7 Å². The molecular formula is C15H24. The molecule has 2 atom stereocenters. The molecule has 0 amide bonds. The highest BCUT2D eigenvalue weighted by Gasteiger charge is 2.42. The summed E-state index contributed by atoms with van der Waals surface area (Å²) in [5.41, 5.74) is 4.54. The van der Waals surface area contributed by atoms with Gasteiger partial charge in [0.1, 0.15) is 0 Å². The average molecular weight is 204 g/mol. The maximum absolute atomic E-state index is 2.58. The van der Waals surface area contributed by atoms with Gasteiger partial charge in [0.05, 0.1) is 0 Å². The van der Waals surface area contributed by atoms with Crippen LogP contribution in [0.4, 0.5) is 0 Å². The number of allylic oxidation sites excluding steroid dienone is 2. The van der Waals surface area contributed by atoms with Crippen LogP contribution in [0.3, 0.4) is 0 Å². The van der Waals surface area contributed by atoms with Gasteiger partial charge in [0.15, 0.2) is 0 Å². The summed E-state index contributed by atoms with van der Waals surface area (Å²) in [6.45, 7) is 2.58. The molecule has 0 aromatic carbocycles. The summed E-state index contributed by atoms with van der Waals surface area (Å²) in [5.74, 6) is 0.996. The molecule has 0 saturated heterocycles. The van der Waals surface area contributed by atoms with Crippen LogP contribution in [0.1, 0.15) is 71.1 Å². The summed E-state index contributed by atoms with van der Waals surface area (Å²) in [7, 11) is 0. The molecule has 0 aromatic rings. The zero-order valence-corrected chi connectivity index (χ0v) is 10.1. The van der Waals surface area contributed by atoms with E-state index in [1.165, 1.54) is 64.2 Å². The minimum absolute atomic E-state index is 0.703. The van der Waals surface area contributed by atoms with E-state index in [0.717, 1.165) is 5.92 Å². The van der Waals surface area contributed by atoms with Gasteiger partial charge in [-0.1, -0.05) is 30.9 Å². The van der Waals surface area contributed by atoms with Gasteiger partial charge in [0.25, 0.3) is 0 Å². The summed E-state index contributed by atoms with van der Waals surface area (Å²) in [6, 6.07) is 0. The lowest BCUT2D eigenvalue weighted by molar-refractivity contribution is 0.112. The van der Waals surface area contributed by atoms with Crippen molar-refractivity contribution in [2.24, 2.45) is 11.3 Å². The van der Waals surface area contributed by atoms with Crippen molar-refractivity contribution < 1.29 is 0 Å². The van der Waals surface area contributed by atoms with Crippen molar-refractivity contribution in [1.82, 2.24) is 0 Å². The molecule has 3 aliphatic rings. The first-order valence-corrected chi connectivity index (χ1v) is 7.00. The van der Waals surface area contributed by atoms with E-state index < -0.39 is 0 Å². The summed E-state index contributed by atoms with van der Waals surface area (Å²) < 4.78 is 0. The number of rotatable bonds is 0. The Morgan fingerprint density at radius 1 is 0.933 bits per heavy atom. The van der Waals surface area contributed by atoms with Crippen molar-refractivity contribution in [1.29, 1.82) is 0 Å². The minimum atomic E-state index is 0.703. The maximum atomic E-state index is 2.58. The fourth-order valence-corrected chi connectivity index (χ4v) is 4.43. The number of hydrogen-bond acceptors (Lipinski definition) is 0. The molecule has 0 bridgehead atoms. The highest BCUT2D eigenvalue weighted by atomic mass is 14.5. The smallest absolute Gasteiger partial charge is 0.0146 e. The molecule has 0 heterocycles. The van der Waals surface area contributed by atoms with Crippen LogP contribution in [0, 0.1) is 11.3 Å². The Morgan fingerprint density at radius 3 is 2.73 bits per heavy atom. The topological polar surface area (TPSA) is 0 Å². The predicted molar refractivity (Wildman–Crippen MR) is 64.8 cm³/mol. The molecule has 84 valence electrons. The minimum Gasteiger partial charge on any atom is -0.0707 e. The first-order chi connectivity index (χ1) is 7.30. The van der Waals surface area contributed by atoms with Gasteiger partial charge >= 0.3 is 0 Å². The first kappa shape index (κ1) is 9.93. The lowest BCUT2D eigenvalue weighted by atomic mass is 9.57. The molecule has 0 spiro atoms. The average Bonchev–Trinajstić information content (AvgIpc) is 2.28. The third kappa shape index (κ3) is 1.57. The molecule has 0 aliphatic heterocycles. The van der Waals surface area contributed by atoms with E-state index in [1.54, 1.807) is 0 Å². The van der Waals surface area contributed by atoms with Crippen LogP contribution in [0.5, 0.6) is 0 Å². The third-order valence-corrected chi connectivity index (χ3v) is 5.38. The molecule has 3 rings (SSSR count). The van der Waals surface area contributed by atoms with E-state index in [9.17, 15) is 0 Å². The van der Waals surface area contributed by atoms with Gasteiger partial charge in [-0.15, -0.1) is 0 Å². The van der Waals surface area contributed by atoms with Crippen molar-refractivity contribution in [3.8, 4) is 0 Å². The van der Waals surface area contributed by atoms with Crippen molar-refractivity contribution in [2.75, 3.05) is 0 Å². The van der Waals surface area contributed by atoms with E-state index in [-0.39, 0.29) is 0 Å². The van der Waals surface area contributed by atoms with Gasteiger partial charge in [0, 0.05) is 0 Å². The molecule has 0 heteroatoms. The molecule has 3 aliphatic carbocycles. The third-order valence-electron chi connectivity index (χ3n) is 5.38. The zero-order valence-electron chi connectivity index (χ0n) is 10.1. The first-order valence-electron chi connectivity index (χ1n) is 7.00. The van der Waals surface area contributed by atoms with Crippen LogP contribution in [0.25, 0.3) is 0 Å². The van der Waals surface area contributed by atoms with Gasteiger partial charge in [-0.25, -0.2) is 0 Å². The van der Waals surface area contributed by atoms with Crippen LogP contribution in [-0.4, -0.2) is 0 Å². The second kappa shape index (κ2) is 3.64. The van der Waals surface area contributed by atoms with Gasteiger partial charge in [0.2, 0.25) is 0 Å². The summed E-state index contributed by atoms with van der Waals surface area (Å²) in [4.78, 5) is 0. The van der Waals surface area contributed by atoms with Crippen LogP contribution in [0.2, 0.25) is 0 Å². The number of fused-ring (bicyclic) bond motifs is 2. The standard InChI is InChI=1S/C15H24/c1-15-10-5-4-8-14(15)13-7-3-2-6-12(13)9-11-15/h14H,2-11H2,1H3/t14-,15+/m0/s1. The van der Waals surface area contributed by atoms with Crippen LogP contribution >= 0.6 is 0 Å². The van der Waals surface area contributed by atoms with Crippen LogP contribution < -0.4 is 0 Å². The van der Waals surface area contributed by atoms with Gasteiger partial charge in [-0.3, -0.25) is 0 Å². The summed E-state index contributed by atoms with van der Waals surface area (Å²) >= 11 is 0. The van der Waals surface area contributed by atoms with E-state index in [1.807, 2.05) is 11.1 Å². The van der Waals surface area contributed by atoms with Crippen molar-refractivity contribution >= 4 is 0 Å². The Morgan fingerprint density at radius 2 is 1.80 bits per heavy atom. The molecule has 0 aromatic heterocycles. The second-order valence-electron chi connectivity index (χ2n) is 6.29. The molecule has 1 saturated carbocycles. The lowest BCUT2D eigenvalue weighted by Gasteiger charge is -2.48. The lowest BCUT2D eigenvalue weighted by Crippen LogP contribution is -2.36. The van der Waals surface area contributed by atoms with E-state index in [2.05, 4.69) is 6.92 Å². The van der Waals surface area contributed by atoms with Crippen molar-refractivity contribution in [3.63, 3.8) is 0 Å². The normalized spacial score (nSPS) is 41.0. The molecule has 0 N–H and O–H groups in total. The van der Waals surface area contributed by atoms with Crippen LogP contribution in [0.15, 0.2) is 11.1 Å². The summed E-state index contributed by atoms with van der Waals surface area (Å²) in [6.07, 6.45) is 14.8. The molecule has 0 nitrogen and oxygen atoms in total. The molecule has 15 heavy (non-hydrogen) atoms. The summed E-state index contributed by atoms with van der Waals surface area (Å²) in [5, 5.41) is 0. The van der Waals surface area contributed by atoms with Crippen LogP contribution in [-0.2, 0) is 0 Å². The highest BCUT2D eigenvalue weighted by molar-refractivity contribution is 5.26. The Balaban J connectivity index is 1.93. The predicted octanol–water partition coefficient (Wildman–Crippen LogP) is 4.85. The van der Waals surface area contributed by atoms with Gasteiger partial charge < -0.3 is 0 Å². The molecular weight excluding hydrogens is 180 g/mol. The zero-order chi connectivity index (χ0) is 10.3. The van der Waals surface area contributed by atoms with Gasteiger partial charge in [-0.2, -0.15) is 0 Å². The Labute approximate surface area is 94.1 Å². The Bertz CT molecular complexity index is 286. The molecule has 1 fully saturated rings. The Hall–Kier alpha value is -0.260. The van der Waals surface area contributed by atoms with E-state index in [4.69, 9.17) is 0 Å². The van der Waals surface area contributed by atoms with E-state index >= 15 is 0 Å². The number of hydrogen-bond donors (Lipinski definition) is 0. The second-order valence-corrected chi connectivity index (χ2v) is 6.29. The van der Waals surface area contributed by atoms with Crippen molar-refractivity contribution in [2.45, 2.75) is 71.1 Å². The largest absolute Gasteiger partial charge is 0.0707 e. The maximum Gasteiger partial charge on any atom is -0.0146 e. The van der Waals surface area contributed by atoms with E-state index in [0.29, 0.717) is 5.41 Å². The fraction of sp³-hybridized carbons (Fsp3) is 0.867. The Kier molecular flexibility index (Phi) is 2.41. The van der Waals surface area contributed by atoms with Crippen molar-refractivity contribution in [3.05, 3.63) is 11.1 Å². The SMILES string of the molecule is C[C@]12CCCC[C@H]1C1=C(CCCC1)CC2. The quantitative estimate of drug-likeness (QED) is 0.495.